The van der Waals surface area contributed by atoms with Gasteiger partial charge in [-0.25, -0.2) is 0 Å². The zero-order valence-electron chi connectivity index (χ0n) is 18.9. The molecule has 35 heavy (non-hydrogen) atoms. The summed E-state index contributed by atoms with van der Waals surface area (Å²) in [7, 11) is 0. The summed E-state index contributed by atoms with van der Waals surface area (Å²) in [5, 5.41) is 21.5. The monoisotopic (exact) mass is 472 g/mol. The highest BCUT2D eigenvalue weighted by Crippen LogP contribution is 2.43. The Labute approximate surface area is 201 Å². The molecule has 1 saturated heterocycles. The summed E-state index contributed by atoms with van der Waals surface area (Å²) in [6.07, 6.45) is 3.23. The van der Waals surface area contributed by atoms with E-state index in [1.807, 2.05) is 18.2 Å². The van der Waals surface area contributed by atoms with Gasteiger partial charge in [0.05, 0.1) is 13.2 Å². The number of hydrogen-bond donors (Lipinski definition) is 2. The fraction of sp³-hybridized carbons (Fsp3) is 0.222. The van der Waals surface area contributed by atoms with Crippen LogP contribution in [0.15, 0.2) is 76.2 Å². The molecule has 0 aliphatic carbocycles. The third-order valence-electron chi connectivity index (χ3n) is 6.26. The number of fused-ring (bicyclic) bond motifs is 1. The SMILES string of the molecule is O=C(C[C@@H](c1ccncc1)c1c(O)cc(O)c2c(=O)cc(-c3ccccc3)oc12)N1CCOCC1. The van der Waals surface area contributed by atoms with E-state index < -0.39 is 11.3 Å². The summed E-state index contributed by atoms with van der Waals surface area (Å²) < 4.78 is 11.5. The van der Waals surface area contributed by atoms with Gasteiger partial charge in [-0.3, -0.25) is 14.6 Å². The lowest BCUT2D eigenvalue weighted by Crippen LogP contribution is -2.41. The lowest BCUT2D eigenvalue weighted by atomic mass is 9.86. The molecule has 0 unspecified atom stereocenters. The van der Waals surface area contributed by atoms with E-state index in [9.17, 15) is 19.8 Å². The molecule has 8 nitrogen and oxygen atoms in total. The molecule has 1 amide bonds. The van der Waals surface area contributed by atoms with Crippen LogP contribution in [0.3, 0.4) is 0 Å². The van der Waals surface area contributed by atoms with Crippen molar-refractivity contribution in [1.29, 1.82) is 0 Å². The second-order valence-electron chi connectivity index (χ2n) is 8.40. The van der Waals surface area contributed by atoms with Gasteiger partial charge in [-0.05, 0) is 17.7 Å². The Kier molecular flexibility index (Phi) is 6.20. The molecular formula is C27H24N2O6. The van der Waals surface area contributed by atoms with Gasteiger partial charge in [0, 0.05) is 61.1 Å². The van der Waals surface area contributed by atoms with Crippen molar-refractivity contribution in [3.63, 3.8) is 0 Å². The van der Waals surface area contributed by atoms with E-state index in [-0.39, 0.29) is 40.4 Å². The zero-order chi connectivity index (χ0) is 24.4. The average molecular weight is 472 g/mol. The van der Waals surface area contributed by atoms with Gasteiger partial charge in [0.1, 0.15) is 28.2 Å². The van der Waals surface area contributed by atoms with Crippen LogP contribution in [0.1, 0.15) is 23.5 Å². The van der Waals surface area contributed by atoms with Gasteiger partial charge >= 0.3 is 0 Å². The molecule has 0 spiro atoms. The normalized spacial score (nSPS) is 14.7. The molecule has 0 bridgehead atoms. The molecule has 1 aliphatic rings. The molecule has 8 heteroatoms. The van der Waals surface area contributed by atoms with E-state index in [0.717, 1.165) is 11.6 Å². The minimum atomic E-state index is -0.648. The number of amides is 1. The second-order valence-corrected chi connectivity index (χ2v) is 8.40. The average Bonchev–Trinajstić information content (AvgIpc) is 2.89. The van der Waals surface area contributed by atoms with E-state index >= 15 is 0 Å². The number of pyridine rings is 1. The van der Waals surface area contributed by atoms with Crippen molar-refractivity contribution < 1.29 is 24.2 Å². The number of rotatable bonds is 5. The molecule has 0 saturated carbocycles. The van der Waals surface area contributed by atoms with Crippen LogP contribution in [0.2, 0.25) is 0 Å². The summed E-state index contributed by atoms with van der Waals surface area (Å²) in [5.74, 6) is -1.12. The van der Waals surface area contributed by atoms with Crippen LogP contribution in [-0.2, 0) is 9.53 Å². The molecule has 5 rings (SSSR count). The van der Waals surface area contributed by atoms with Crippen LogP contribution in [0, 0.1) is 0 Å². The summed E-state index contributed by atoms with van der Waals surface area (Å²) in [6.45, 7) is 1.90. The number of benzene rings is 2. The maximum absolute atomic E-state index is 13.3. The maximum Gasteiger partial charge on any atom is 0.223 e. The summed E-state index contributed by atoms with van der Waals surface area (Å²) in [4.78, 5) is 32.1. The van der Waals surface area contributed by atoms with Crippen LogP contribution in [-0.4, -0.2) is 52.3 Å². The van der Waals surface area contributed by atoms with Crippen LogP contribution in [0.5, 0.6) is 11.5 Å². The van der Waals surface area contributed by atoms with Crippen LogP contribution >= 0.6 is 0 Å². The first kappa shape index (κ1) is 22.6. The third-order valence-corrected chi connectivity index (χ3v) is 6.26. The van der Waals surface area contributed by atoms with Crippen molar-refractivity contribution in [2.24, 2.45) is 0 Å². The summed E-state index contributed by atoms with van der Waals surface area (Å²) in [5.41, 5.74) is 1.25. The van der Waals surface area contributed by atoms with Gasteiger partial charge in [-0.15, -0.1) is 0 Å². The fourth-order valence-electron chi connectivity index (χ4n) is 4.50. The Balaban J connectivity index is 1.71. The molecule has 178 valence electrons. The minimum Gasteiger partial charge on any atom is -0.507 e. The highest BCUT2D eigenvalue weighted by atomic mass is 16.5. The molecular weight excluding hydrogens is 448 g/mol. The van der Waals surface area contributed by atoms with Gasteiger partial charge < -0.3 is 24.3 Å². The highest BCUT2D eigenvalue weighted by molar-refractivity contribution is 5.91. The molecule has 1 atom stereocenters. The van der Waals surface area contributed by atoms with Crippen molar-refractivity contribution in [3.05, 3.63) is 88.3 Å². The zero-order valence-corrected chi connectivity index (χ0v) is 18.9. The smallest absolute Gasteiger partial charge is 0.223 e. The molecule has 1 aliphatic heterocycles. The van der Waals surface area contributed by atoms with Gasteiger partial charge in [-0.2, -0.15) is 0 Å². The van der Waals surface area contributed by atoms with E-state index in [1.54, 1.807) is 41.6 Å². The fourth-order valence-corrected chi connectivity index (χ4v) is 4.50. The van der Waals surface area contributed by atoms with Crippen LogP contribution in [0.25, 0.3) is 22.3 Å². The minimum absolute atomic E-state index is 0.0245. The molecule has 3 heterocycles. The molecule has 1 fully saturated rings. The first-order valence-electron chi connectivity index (χ1n) is 11.4. The molecule has 4 aromatic rings. The van der Waals surface area contributed by atoms with Crippen molar-refractivity contribution >= 4 is 16.9 Å². The van der Waals surface area contributed by atoms with E-state index in [1.165, 1.54) is 6.07 Å². The maximum atomic E-state index is 13.3. The number of hydrogen-bond acceptors (Lipinski definition) is 7. The van der Waals surface area contributed by atoms with E-state index in [0.29, 0.717) is 37.6 Å². The van der Waals surface area contributed by atoms with Crippen LogP contribution < -0.4 is 5.43 Å². The van der Waals surface area contributed by atoms with Gasteiger partial charge in [-0.1, -0.05) is 30.3 Å². The predicted molar refractivity (Wildman–Crippen MR) is 129 cm³/mol. The highest BCUT2D eigenvalue weighted by Gasteiger charge is 2.30. The van der Waals surface area contributed by atoms with Crippen molar-refractivity contribution in [2.45, 2.75) is 12.3 Å². The molecule has 2 aromatic carbocycles. The van der Waals surface area contributed by atoms with Gasteiger partial charge in [0.2, 0.25) is 5.91 Å². The number of carbonyl (C=O) groups is 1. The Bertz CT molecular complexity index is 1410. The number of nitrogens with zero attached hydrogens (tertiary/aromatic N) is 2. The Morgan fingerprint density at radius 3 is 2.43 bits per heavy atom. The Morgan fingerprint density at radius 2 is 1.71 bits per heavy atom. The Morgan fingerprint density at radius 1 is 1.00 bits per heavy atom. The van der Waals surface area contributed by atoms with Gasteiger partial charge in [0.15, 0.2) is 5.43 Å². The van der Waals surface area contributed by atoms with Crippen molar-refractivity contribution in [3.8, 4) is 22.8 Å². The van der Waals surface area contributed by atoms with Crippen molar-refractivity contribution in [1.82, 2.24) is 9.88 Å². The topological polar surface area (TPSA) is 113 Å². The summed E-state index contributed by atoms with van der Waals surface area (Å²) in [6, 6.07) is 15.1. The first-order chi connectivity index (χ1) is 17.0. The Hall–Kier alpha value is -4.17. The number of morpholine rings is 1. The number of aromatic nitrogens is 1. The van der Waals surface area contributed by atoms with E-state index in [2.05, 4.69) is 4.98 Å². The number of ether oxygens (including phenoxy) is 1. The number of carbonyl (C=O) groups excluding carboxylic acids is 1. The molecule has 2 aromatic heterocycles. The molecule has 0 radical (unpaired) electrons. The van der Waals surface area contributed by atoms with Crippen LogP contribution in [0.4, 0.5) is 0 Å². The summed E-state index contributed by atoms with van der Waals surface area (Å²) >= 11 is 0. The number of aromatic hydroxyl groups is 2. The quantitative estimate of drug-likeness (QED) is 0.456. The molecule has 2 N–H and O–H groups in total. The standard InChI is InChI=1S/C27H24N2O6/c30-20-15-21(31)26-22(32)16-23(18-4-2-1-3-5-18)35-27(26)25(20)19(17-6-8-28-9-7-17)14-24(33)29-10-12-34-13-11-29/h1-9,15-16,19,30-31H,10-14H2/t19-/m0/s1. The van der Waals surface area contributed by atoms with E-state index in [4.69, 9.17) is 9.15 Å². The number of phenols is 2. The van der Waals surface area contributed by atoms with Gasteiger partial charge in [0.25, 0.3) is 0 Å². The van der Waals surface area contributed by atoms with Crippen molar-refractivity contribution in [2.75, 3.05) is 26.3 Å². The predicted octanol–water partition coefficient (Wildman–Crippen LogP) is 3.65. The first-order valence-corrected chi connectivity index (χ1v) is 11.4. The lowest BCUT2D eigenvalue weighted by molar-refractivity contribution is -0.135. The third kappa shape index (κ3) is 4.48. The second kappa shape index (κ2) is 9.60. The largest absolute Gasteiger partial charge is 0.507 e. The number of phenolic OH excluding ortho intramolecular Hbond substituents is 2. The lowest BCUT2D eigenvalue weighted by Gasteiger charge is -2.29.